The summed E-state index contributed by atoms with van der Waals surface area (Å²) in [5, 5.41) is 9.63. The number of aliphatic hydroxyl groups is 1. The van der Waals surface area contributed by atoms with E-state index in [9.17, 15) is 5.11 Å². The molecule has 0 aromatic carbocycles. The topological polar surface area (TPSA) is 29.5 Å². The van der Waals surface area contributed by atoms with Crippen LogP contribution in [0, 0.1) is 0 Å². The van der Waals surface area contributed by atoms with Crippen molar-refractivity contribution < 1.29 is 9.84 Å². The normalized spacial score (nSPS) is 16.6. The van der Waals surface area contributed by atoms with E-state index in [1.165, 1.54) is 0 Å². The van der Waals surface area contributed by atoms with Crippen LogP contribution in [-0.2, 0) is 4.74 Å². The van der Waals surface area contributed by atoms with Gasteiger partial charge in [0.25, 0.3) is 0 Å². The molecule has 0 aromatic rings. The van der Waals surface area contributed by atoms with Crippen molar-refractivity contribution in [2.75, 3.05) is 6.61 Å². The first-order chi connectivity index (χ1) is 5.18. The van der Waals surface area contributed by atoms with Gasteiger partial charge in [-0.2, -0.15) is 0 Å². The Kier molecular flexibility index (Phi) is 4.83. The van der Waals surface area contributed by atoms with E-state index in [2.05, 4.69) is 6.58 Å². The molecule has 1 N–H and O–H groups in total. The van der Waals surface area contributed by atoms with E-state index in [4.69, 9.17) is 4.74 Å². The van der Waals surface area contributed by atoms with Crippen LogP contribution in [0.4, 0.5) is 0 Å². The minimum Gasteiger partial charge on any atom is -0.362 e. The lowest BCUT2D eigenvalue weighted by Gasteiger charge is -2.22. The van der Waals surface area contributed by atoms with Gasteiger partial charge in [-0.3, -0.25) is 0 Å². The van der Waals surface area contributed by atoms with Crippen molar-refractivity contribution in [3.8, 4) is 0 Å². The average Bonchev–Trinajstić information content (AvgIpc) is 1.88. The van der Waals surface area contributed by atoms with E-state index in [1.54, 1.807) is 18.2 Å². The van der Waals surface area contributed by atoms with Crippen molar-refractivity contribution in [3.63, 3.8) is 0 Å². The maximum absolute atomic E-state index is 9.63. The Morgan fingerprint density at radius 1 is 1.64 bits per heavy atom. The lowest BCUT2D eigenvalue weighted by atomic mass is 10.2. The Bertz CT molecular complexity index is 140. The SMILES string of the molecule is C=CCC(O)(C=CC)OCC. The molecule has 64 valence electrons. The maximum Gasteiger partial charge on any atom is 0.188 e. The fourth-order valence-corrected chi connectivity index (χ4v) is 0.892. The second-order valence-electron chi connectivity index (χ2n) is 2.27. The predicted octanol–water partition coefficient (Wildman–Crippen LogP) is 1.86. The first-order valence-electron chi connectivity index (χ1n) is 3.79. The highest BCUT2D eigenvalue weighted by molar-refractivity contribution is 4.96. The lowest BCUT2D eigenvalue weighted by Crippen LogP contribution is -2.28. The molecule has 0 aromatic heterocycles. The van der Waals surface area contributed by atoms with E-state index < -0.39 is 5.79 Å². The van der Waals surface area contributed by atoms with Crippen molar-refractivity contribution in [3.05, 3.63) is 24.8 Å². The minimum absolute atomic E-state index is 0.422. The summed E-state index contributed by atoms with van der Waals surface area (Å²) in [5.74, 6) is -1.15. The van der Waals surface area contributed by atoms with Gasteiger partial charge in [0.1, 0.15) is 0 Å². The van der Waals surface area contributed by atoms with Gasteiger partial charge in [-0.1, -0.05) is 12.2 Å². The summed E-state index contributed by atoms with van der Waals surface area (Å²) < 4.78 is 5.11. The Balaban J connectivity index is 4.11. The highest BCUT2D eigenvalue weighted by Crippen LogP contribution is 2.14. The van der Waals surface area contributed by atoms with E-state index in [-0.39, 0.29) is 0 Å². The largest absolute Gasteiger partial charge is 0.362 e. The number of ether oxygens (including phenoxy) is 1. The molecule has 0 bridgehead atoms. The molecule has 0 aliphatic carbocycles. The van der Waals surface area contributed by atoms with Crippen LogP contribution in [0.2, 0.25) is 0 Å². The molecule has 0 saturated carbocycles. The number of allylic oxidation sites excluding steroid dienone is 1. The molecule has 0 amide bonds. The Hall–Kier alpha value is -0.600. The van der Waals surface area contributed by atoms with Crippen LogP contribution >= 0.6 is 0 Å². The molecule has 2 nitrogen and oxygen atoms in total. The number of rotatable bonds is 5. The molecule has 0 spiro atoms. The Morgan fingerprint density at radius 3 is 2.64 bits per heavy atom. The van der Waals surface area contributed by atoms with Gasteiger partial charge < -0.3 is 9.84 Å². The molecule has 0 heterocycles. The first-order valence-corrected chi connectivity index (χ1v) is 3.79. The molecular weight excluding hydrogens is 140 g/mol. The quantitative estimate of drug-likeness (QED) is 0.486. The summed E-state index contributed by atoms with van der Waals surface area (Å²) in [7, 11) is 0. The van der Waals surface area contributed by atoms with Crippen molar-refractivity contribution in [2.45, 2.75) is 26.1 Å². The van der Waals surface area contributed by atoms with Gasteiger partial charge in [0.05, 0.1) is 0 Å². The average molecular weight is 156 g/mol. The summed E-state index contributed by atoms with van der Waals surface area (Å²) in [6.45, 7) is 7.72. The Labute approximate surface area is 68.2 Å². The summed E-state index contributed by atoms with van der Waals surface area (Å²) in [6.07, 6.45) is 5.44. The van der Waals surface area contributed by atoms with Gasteiger partial charge >= 0.3 is 0 Å². The monoisotopic (exact) mass is 156 g/mol. The maximum atomic E-state index is 9.63. The van der Waals surface area contributed by atoms with E-state index in [0.717, 1.165) is 0 Å². The molecule has 0 fully saturated rings. The third-order valence-corrected chi connectivity index (χ3v) is 1.26. The molecule has 0 radical (unpaired) electrons. The third-order valence-electron chi connectivity index (χ3n) is 1.26. The molecule has 0 saturated heterocycles. The van der Waals surface area contributed by atoms with Crippen LogP contribution in [0.25, 0.3) is 0 Å². The van der Waals surface area contributed by atoms with Crippen LogP contribution in [0.1, 0.15) is 20.3 Å². The van der Waals surface area contributed by atoms with Gasteiger partial charge in [-0.15, -0.1) is 6.58 Å². The zero-order valence-electron chi connectivity index (χ0n) is 7.21. The molecule has 1 atom stereocenters. The van der Waals surface area contributed by atoms with E-state index in [1.807, 2.05) is 13.8 Å². The van der Waals surface area contributed by atoms with Gasteiger partial charge in [-0.05, 0) is 19.9 Å². The fraction of sp³-hybridized carbons (Fsp3) is 0.556. The zero-order valence-corrected chi connectivity index (χ0v) is 7.21. The Morgan fingerprint density at radius 2 is 2.27 bits per heavy atom. The lowest BCUT2D eigenvalue weighted by molar-refractivity contribution is -0.160. The van der Waals surface area contributed by atoms with Crippen LogP contribution < -0.4 is 0 Å². The number of hydrogen-bond acceptors (Lipinski definition) is 2. The summed E-state index contributed by atoms with van der Waals surface area (Å²) in [6, 6.07) is 0. The standard InChI is InChI=1S/C9H16O2/c1-4-7-9(10,8-5-2)11-6-3/h4-5,8,10H,1,6-7H2,2-3H3. The smallest absolute Gasteiger partial charge is 0.188 e. The zero-order chi connectivity index (χ0) is 8.74. The second-order valence-corrected chi connectivity index (χ2v) is 2.27. The minimum atomic E-state index is -1.15. The van der Waals surface area contributed by atoms with Crippen molar-refractivity contribution >= 4 is 0 Å². The molecule has 2 heteroatoms. The highest BCUT2D eigenvalue weighted by atomic mass is 16.6. The summed E-state index contributed by atoms with van der Waals surface area (Å²) >= 11 is 0. The van der Waals surface area contributed by atoms with Crippen LogP contribution in [0.15, 0.2) is 24.8 Å². The molecule has 0 aliphatic heterocycles. The van der Waals surface area contributed by atoms with Crippen molar-refractivity contribution in [1.29, 1.82) is 0 Å². The fourth-order valence-electron chi connectivity index (χ4n) is 0.892. The molecule has 11 heavy (non-hydrogen) atoms. The molecule has 0 aliphatic rings. The highest BCUT2D eigenvalue weighted by Gasteiger charge is 2.20. The van der Waals surface area contributed by atoms with Crippen molar-refractivity contribution in [1.82, 2.24) is 0 Å². The van der Waals surface area contributed by atoms with Gasteiger partial charge in [0.15, 0.2) is 5.79 Å². The van der Waals surface area contributed by atoms with E-state index >= 15 is 0 Å². The van der Waals surface area contributed by atoms with Crippen LogP contribution in [0.5, 0.6) is 0 Å². The van der Waals surface area contributed by atoms with Crippen molar-refractivity contribution in [2.24, 2.45) is 0 Å². The third kappa shape index (κ3) is 3.96. The van der Waals surface area contributed by atoms with Gasteiger partial charge in [-0.25, -0.2) is 0 Å². The molecule has 1 unspecified atom stereocenters. The predicted molar refractivity (Wildman–Crippen MR) is 46.2 cm³/mol. The summed E-state index contributed by atoms with van der Waals surface area (Å²) in [5.41, 5.74) is 0. The summed E-state index contributed by atoms with van der Waals surface area (Å²) in [4.78, 5) is 0. The van der Waals surface area contributed by atoms with Crippen LogP contribution in [0.3, 0.4) is 0 Å². The first kappa shape index (κ1) is 10.4. The second kappa shape index (κ2) is 5.10. The van der Waals surface area contributed by atoms with Crippen LogP contribution in [-0.4, -0.2) is 17.5 Å². The van der Waals surface area contributed by atoms with E-state index in [0.29, 0.717) is 13.0 Å². The van der Waals surface area contributed by atoms with Gasteiger partial charge in [0.2, 0.25) is 0 Å². The van der Waals surface area contributed by atoms with Gasteiger partial charge in [0, 0.05) is 13.0 Å². The number of hydrogen-bond donors (Lipinski definition) is 1. The molecule has 0 rings (SSSR count). The molecular formula is C9H16O2.